The maximum Gasteiger partial charge on any atom is 0.329 e. The summed E-state index contributed by atoms with van der Waals surface area (Å²) in [5.41, 5.74) is 0.165. The molecule has 0 bridgehead atoms. The molecule has 1 aromatic carbocycles. The number of carboxylic acid groups (broad SMARTS) is 1. The quantitative estimate of drug-likeness (QED) is 0.923. The number of carboxylic acids is 1. The highest BCUT2D eigenvalue weighted by molar-refractivity contribution is 6.30. The van der Waals surface area contributed by atoms with Crippen molar-refractivity contribution >= 4 is 23.3 Å². The lowest BCUT2D eigenvalue weighted by Gasteiger charge is -2.36. The van der Waals surface area contributed by atoms with E-state index in [9.17, 15) is 15.2 Å². The van der Waals surface area contributed by atoms with Crippen LogP contribution in [0.4, 0.5) is 5.69 Å². The molecule has 1 saturated heterocycles. The van der Waals surface area contributed by atoms with E-state index in [1.54, 1.807) is 18.2 Å². The smallest absolute Gasteiger partial charge is 0.329 e. The fraction of sp³-hybridized carbons (Fsp3) is 0.429. The summed E-state index contributed by atoms with van der Waals surface area (Å²) in [6, 6.07) is 7.07. The zero-order valence-corrected chi connectivity index (χ0v) is 11.4. The number of rotatable bonds is 3. The van der Waals surface area contributed by atoms with Gasteiger partial charge >= 0.3 is 5.97 Å². The first-order valence-electron chi connectivity index (χ1n) is 6.26. The van der Waals surface area contributed by atoms with E-state index in [0.717, 1.165) is 6.42 Å². The third-order valence-corrected chi connectivity index (χ3v) is 4.08. The van der Waals surface area contributed by atoms with Crippen LogP contribution in [0.15, 0.2) is 18.2 Å². The van der Waals surface area contributed by atoms with Gasteiger partial charge in [0.15, 0.2) is 0 Å². The van der Waals surface area contributed by atoms with Gasteiger partial charge in [0.25, 0.3) is 0 Å². The molecule has 1 fully saturated rings. The van der Waals surface area contributed by atoms with Crippen molar-refractivity contribution < 1.29 is 9.90 Å². The van der Waals surface area contributed by atoms with Gasteiger partial charge in [-0.3, -0.25) is 0 Å². The summed E-state index contributed by atoms with van der Waals surface area (Å²) in [6.07, 6.45) is 1.90. The summed E-state index contributed by atoms with van der Waals surface area (Å²) in [4.78, 5) is 13.5. The molecule has 0 radical (unpaired) electrons. The second-order valence-corrected chi connectivity index (χ2v) is 5.16. The van der Waals surface area contributed by atoms with Gasteiger partial charge in [0, 0.05) is 11.6 Å². The van der Waals surface area contributed by atoms with Crippen LogP contribution < -0.4 is 4.90 Å². The maximum absolute atomic E-state index is 11.7. The lowest BCUT2D eigenvalue weighted by Crippen LogP contribution is -2.50. The van der Waals surface area contributed by atoms with Crippen LogP contribution in [0.2, 0.25) is 5.02 Å². The van der Waals surface area contributed by atoms with Crippen LogP contribution in [0, 0.1) is 11.3 Å². The molecule has 0 aliphatic carbocycles. The molecule has 1 aliphatic rings. The third kappa shape index (κ3) is 2.15. The molecule has 4 nitrogen and oxygen atoms in total. The number of nitrogens with zero attached hydrogens (tertiary/aromatic N) is 2. The van der Waals surface area contributed by atoms with Gasteiger partial charge in [-0.25, -0.2) is 4.79 Å². The van der Waals surface area contributed by atoms with Gasteiger partial charge in [0.2, 0.25) is 0 Å². The monoisotopic (exact) mass is 278 g/mol. The van der Waals surface area contributed by atoms with Crippen LogP contribution in [0.1, 0.15) is 31.7 Å². The Labute approximate surface area is 117 Å². The van der Waals surface area contributed by atoms with Crippen LogP contribution in [-0.4, -0.2) is 23.2 Å². The third-order valence-electron chi connectivity index (χ3n) is 3.84. The van der Waals surface area contributed by atoms with Crippen LogP contribution in [-0.2, 0) is 4.79 Å². The molecule has 1 unspecified atom stereocenters. The number of aliphatic carboxylic acids is 1. The lowest BCUT2D eigenvalue weighted by atomic mass is 9.92. The Kier molecular flexibility index (Phi) is 3.68. The van der Waals surface area contributed by atoms with E-state index in [0.29, 0.717) is 35.7 Å². The predicted octanol–water partition coefficient (Wildman–Crippen LogP) is 3.05. The second-order valence-electron chi connectivity index (χ2n) is 4.72. The van der Waals surface area contributed by atoms with Crippen LogP contribution >= 0.6 is 11.6 Å². The summed E-state index contributed by atoms with van der Waals surface area (Å²) < 4.78 is 0. The topological polar surface area (TPSA) is 64.3 Å². The van der Waals surface area contributed by atoms with E-state index in [1.165, 1.54) is 0 Å². The van der Waals surface area contributed by atoms with E-state index < -0.39 is 11.5 Å². The summed E-state index contributed by atoms with van der Waals surface area (Å²) >= 11 is 5.98. The molecule has 0 amide bonds. The standard InChI is InChI=1S/C14H15ClN2O2/c1-2-14(13(18)19)6-3-7-17(14)12-8-11(15)5-4-10(12)9-16/h4-5,8H,2-3,6-7H2,1H3,(H,18,19). The Morgan fingerprint density at radius 1 is 1.63 bits per heavy atom. The zero-order valence-electron chi connectivity index (χ0n) is 10.7. The minimum atomic E-state index is -0.920. The average Bonchev–Trinajstić information content (AvgIpc) is 2.83. The molecule has 1 aliphatic heterocycles. The highest BCUT2D eigenvalue weighted by atomic mass is 35.5. The molecule has 1 N–H and O–H groups in total. The molecular weight excluding hydrogens is 264 g/mol. The fourth-order valence-corrected chi connectivity index (χ4v) is 2.96. The predicted molar refractivity (Wildman–Crippen MR) is 73.4 cm³/mol. The van der Waals surface area contributed by atoms with Crippen molar-refractivity contribution in [3.8, 4) is 6.07 Å². The first-order chi connectivity index (χ1) is 9.05. The minimum absolute atomic E-state index is 0.463. The van der Waals surface area contributed by atoms with Crippen molar-refractivity contribution in [2.45, 2.75) is 31.7 Å². The van der Waals surface area contributed by atoms with Crippen molar-refractivity contribution in [2.24, 2.45) is 0 Å². The Morgan fingerprint density at radius 3 is 2.95 bits per heavy atom. The van der Waals surface area contributed by atoms with Gasteiger partial charge in [0.05, 0.1) is 11.3 Å². The Bertz CT molecular complexity index is 553. The largest absolute Gasteiger partial charge is 0.479 e. The van der Waals surface area contributed by atoms with E-state index in [2.05, 4.69) is 6.07 Å². The second kappa shape index (κ2) is 5.10. The molecule has 0 saturated carbocycles. The molecule has 1 atom stereocenters. The maximum atomic E-state index is 11.7. The molecule has 0 aromatic heterocycles. The molecular formula is C14H15ClN2O2. The van der Waals surface area contributed by atoms with Crippen molar-refractivity contribution in [1.29, 1.82) is 5.26 Å². The number of hydrogen-bond acceptors (Lipinski definition) is 3. The average molecular weight is 279 g/mol. The van der Waals surface area contributed by atoms with Gasteiger partial charge in [0.1, 0.15) is 11.6 Å². The van der Waals surface area contributed by atoms with Crippen LogP contribution in [0.3, 0.4) is 0 Å². The fourth-order valence-electron chi connectivity index (χ4n) is 2.79. The molecule has 2 rings (SSSR count). The van der Waals surface area contributed by atoms with Gasteiger partial charge in [-0.05, 0) is 37.5 Å². The first-order valence-corrected chi connectivity index (χ1v) is 6.63. The van der Waals surface area contributed by atoms with Crippen LogP contribution in [0.5, 0.6) is 0 Å². The van der Waals surface area contributed by atoms with Crippen molar-refractivity contribution in [3.05, 3.63) is 28.8 Å². The number of carbonyl (C=O) groups is 1. The van der Waals surface area contributed by atoms with E-state index >= 15 is 0 Å². The van der Waals surface area contributed by atoms with Gasteiger partial charge in [-0.15, -0.1) is 0 Å². The van der Waals surface area contributed by atoms with E-state index in [4.69, 9.17) is 11.6 Å². The number of anilines is 1. The number of hydrogen-bond donors (Lipinski definition) is 1. The van der Waals surface area contributed by atoms with Gasteiger partial charge in [-0.2, -0.15) is 5.26 Å². The van der Waals surface area contributed by atoms with Crippen molar-refractivity contribution in [1.82, 2.24) is 0 Å². The molecule has 1 aromatic rings. The molecule has 19 heavy (non-hydrogen) atoms. The minimum Gasteiger partial charge on any atom is -0.479 e. The number of benzene rings is 1. The van der Waals surface area contributed by atoms with E-state index in [1.807, 2.05) is 11.8 Å². The summed E-state index contributed by atoms with van der Waals surface area (Å²) in [5.74, 6) is -0.837. The summed E-state index contributed by atoms with van der Waals surface area (Å²) in [7, 11) is 0. The van der Waals surface area contributed by atoms with Crippen molar-refractivity contribution in [3.63, 3.8) is 0 Å². The number of halogens is 1. The summed E-state index contributed by atoms with van der Waals surface area (Å²) in [6.45, 7) is 2.50. The Balaban J connectivity index is 2.55. The molecule has 5 heteroatoms. The molecule has 1 heterocycles. The summed E-state index contributed by atoms with van der Waals surface area (Å²) in [5, 5.41) is 19.3. The van der Waals surface area contributed by atoms with E-state index in [-0.39, 0.29) is 0 Å². The molecule has 100 valence electrons. The highest BCUT2D eigenvalue weighted by Crippen LogP contribution is 2.39. The van der Waals surface area contributed by atoms with Crippen LogP contribution in [0.25, 0.3) is 0 Å². The zero-order chi connectivity index (χ0) is 14.0. The molecule has 0 spiro atoms. The Morgan fingerprint density at radius 2 is 2.37 bits per heavy atom. The highest BCUT2D eigenvalue weighted by Gasteiger charge is 2.46. The van der Waals surface area contributed by atoms with Gasteiger partial charge in [-0.1, -0.05) is 18.5 Å². The normalized spacial score (nSPS) is 22.3. The number of nitriles is 1. The SMILES string of the molecule is CCC1(C(=O)O)CCCN1c1cc(Cl)ccc1C#N. The Hall–Kier alpha value is -1.73. The van der Waals surface area contributed by atoms with Gasteiger partial charge < -0.3 is 10.0 Å². The first kappa shape index (κ1) is 13.7. The lowest BCUT2D eigenvalue weighted by molar-refractivity contribution is -0.143. The van der Waals surface area contributed by atoms with Crippen molar-refractivity contribution in [2.75, 3.05) is 11.4 Å².